The van der Waals surface area contributed by atoms with Crippen LogP contribution < -0.4 is 10.2 Å². The largest absolute Gasteiger partial charge is 0.416 e. The summed E-state index contributed by atoms with van der Waals surface area (Å²) in [4.78, 5) is 16.9. The number of nitrogens with one attached hydrogen (secondary N) is 1. The highest BCUT2D eigenvalue weighted by molar-refractivity contribution is 7.91. The van der Waals surface area contributed by atoms with Crippen molar-refractivity contribution in [3.63, 3.8) is 0 Å². The summed E-state index contributed by atoms with van der Waals surface area (Å²) in [6.07, 6.45) is -9.61. The molecule has 212 valence electrons. The van der Waals surface area contributed by atoms with Crippen molar-refractivity contribution < 1.29 is 44.3 Å². The molecular weight excluding hydrogens is 566 g/mol. The molecule has 2 aromatic carbocycles. The molecule has 8 nitrogen and oxygen atoms in total. The van der Waals surface area contributed by atoms with Crippen LogP contribution in [-0.4, -0.2) is 39.6 Å². The molecule has 1 aliphatic heterocycles. The fraction of sp³-hybridized carbons (Fsp3) is 0.320. The van der Waals surface area contributed by atoms with Crippen molar-refractivity contribution in [2.24, 2.45) is 0 Å². The number of carbonyl (C=O) groups excluding carboxylic acids is 1. The first-order valence-corrected chi connectivity index (χ1v) is 13.0. The molecule has 0 aromatic heterocycles. The number of ether oxygens (including phenoxy) is 1. The monoisotopic (exact) mass is 586 g/mol. The second kappa shape index (κ2) is 11.6. The summed E-state index contributed by atoms with van der Waals surface area (Å²) < 4.78 is 107. The van der Waals surface area contributed by atoms with Gasteiger partial charge in [0.05, 0.1) is 40.5 Å². The van der Waals surface area contributed by atoms with Gasteiger partial charge in [-0.25, -0.2) is 18.1 Å². The van der Waals surface area contributed by atoms with Crippen molar-refractivity contribution in [2.45, 2.75) is 36.6 Å². The zero-order valence-electron chi connectivity index (χ0n) is 20.6. The Kier molecular flexibility index (Phi) is 8.81. The number of hydrogen-bond donors (Lipinski definition) is 1. The molecule has 1 heterocycles. The molecule has 0 saturated heterocycles. The number of urea groups is 1. The molecule has 15 heteroatoms. The first-order valence-electron chi connectivity index (χ1n) is 11.4. The number of rotatable bonds is 8. The number of anilines is 1. The van der Waals surface area contributed by atoms with Gasteiger partial charge in [0, 0.05) is 18.0 Å². The third-order valence-corrected chi connectivity index (χ3v) is 7.61. The van der Waals surface area contributed by atoms with Gasteiger partial charge in [-0.15, -0.1) is 0 Å². The first kappa shape index (κ1) is 30.5. The van der Waals surface area contributed by atoms with E-state index in [2.05, 4.69) is 14.9 Å². The molecule has 0 saturated carbocycles. The quantitative estimate of drug-likeness (QED) is 0.241. The van der Waals surface area contributed by atoms with Gasteiger partial charge in [-0.3, -0.25) is 4.90 Å². The van der Waals surface area contributed by atoms with E-state index in [4.69, 9.17) is 6.57 Å². The van der Waals surface area contributed by atoms with Crippen LogP contribution in [0.4, 0.5) is 36.8 Å². The number of allylic oxidation sites excluding steroid dienone is 1. The maximum Gasteiger partial charge on any atom is 0.416 e. The number of hydrogen-bond acceptors (Lipinski definition) is 5. The summed E-state index contributed by atoms with van der Waals surface area (Å²) in [5.74, 6) is -0.667. The lowest BCUT2D eigenvalue weighted by Gasteiger charge is -2.34. The Labute approximate surface area is 225 Å². The molecule has 2 amide bonds. The van der Waals surface area contributed by atoms with E-state index in [1.165, 1.54) is 25.1 Å². The van der Waals surface area contributed by atoms with Crippen molar-refractivity contribution in [1.29, 1.82) is 5.26 Å². The minimum absolute atomic E-state index is 0.0590. The zero-order valence-corrected chi connectivity index (χ0v) is 21.4. The number of nitriles is 1. The predicted octanol–water partition coefficient (Wildman–Crippen LogP) is 5.74. The van der Waals surface area contributed by atoms with Gasteiger partial charge in [0.2, 0.25) is 5.70 Å². The van der Waals surface area contributed by atoms with Gasteiger partial charge in [-0.05, 0) is 49.2 Å². The fourth-order valence-electron chi connectivity index (χ4n) is 4.00. The van der Waals surface area contributed by atoms with Crippen LogP contribution in [0.2, 0.25) is 0 Å². The summed E-state index contributed by atoms with van der Waals surface area (Å²) in [5.41, 5.74) is -1.65. The second-order valence-electron chi connectivity index (χ2n) is 8.55. The summed E-state index contributed by atoms with van der Waals surface area (Å²) in [5, 5.41) is 11.7. The van der Waals surface area contributed by atoms with E-state index in [9.17, 15) is 44.8 Å². The van der Waals surface area contributed by atoms with Gasteiger partial charge in [0.1, 0.15) is 6.61 Å². The number of sulfone groups is 1. The van der Waals surface area contributed by atoms with Crippen LogP contribution in [-0.2, 0) is 20.8 Å². The highest BCUT2D eigenvalue weighted by Crippen LogP contribution is 2.39. The molecule has 0 aliphatic carbocycles. The third-order valence-electron chi connectivity index (χ3n) is 5.76. The summed E-state index contributed by atoms with van der Waals surface area (Å²) >= 11 is 0. The average molecular weight is 587 g/mol. The van der Waals surface area contributed by atoms with Gasteiger partial charge in [-0.1, -0.05) is 12.1 Å². The molecule has 0 fully saturated rings. The minimum atomic E-state index is -4.70. The van der Waals surface area contributed by atoms with Gasteiger partial charge in [0.15, 0.2) is 9.84 Å². The summed E-state index contributed by atoms with van der Waals surface area (Å²) in [6.45, 7) is 6.91. The second-order valence-corrected chi connectivity index (χ2v) is 10.6. The lowest BCUT2D eigenvalue weighted by molar-refractivity contribution is -0.173. The molecule has 2 aromatic rings. The number of halogens is 6. The summed E-state index contributed by atoms with van der Waals surface area (Å²) in [6, 6.07) is 6.83. The number of benzene rings is 2. The van der Waals surface area contributed by atoms with Gasteiger partial charge >= 0.3 is 18.4 Å². The van der Waals surface area contributed by atoms with Crippen molar-refractivity contribution in [2.75, 3.05) is 23.9 Å². The fourth-order valence-corrected chi connectivity index (χ4v) is 5.56. The molecule has 1 N–H and O–H groups in total. The van der Waals surface area contributed by atoms with E-state index in [1.807, 2.05) is 0 Å². The van der Waals surface area contributed by atoms with Crippen LogP contribution in [0.5, 0.6) is 0 Å². The van der Waals surface area contributed by atoms with Crippen molar-refractivity contribution >= 4 is 21.6 Å². The standard InChI is InChI=1S/C25H20F6N4O4S/c1-15-21(33-2)22(34-23(36)35(15)18-6-3-5-17(12-18)25(29,30)31)19-8-7-16(13-32)11-20(19)40(37,38)10-4-9-39-14-24(26,27)28/h3,5-8,11-12,22H,4,9-10,14H2,1H3,(H,34,36)/t22-/m1/s1. The molecule has 0 spiro atoms. The van der Waals surface area contributed by atoms with Crippen molar-refractivity contribution in [1.82, 2.24) is 5.32 Å². The van der Waals surface area contributed by atoms with E-state index in [0.717, 1.165) is 29.2 Å². The Morgan fingerprint density at radius 2 is 1.85 bits per heavy atom. The topological polar surface area (TPSA) is 104 Å². The maximum atomic E-state index is 13.2. The van der Waals surface area contributed by atoms with E-state index < -0.39 is 63.7 Å². The zero-order chi connectivity index (χ0) is 29.9. The molecule has 1 aliphatic rings. The van der Waals surface area contributed by atoms with Crippen LogP contribution >= 0.6 is 0 Å². The van der Waals surface area contributed by atoms with E-state index in [1.54, 1.807) is 6.07 Å². The lowest BCUT2D eigenvalue weighted by atomic mass is 9.99. The molecule has 1 atom stereocenters. The smallest absolute Gasteiger partial charge is 0.372 e. The normalized spacial score (nSPS) is 16.4. The van der Waals surface area contributed by atoms with Crippen LogP contribution in [0, 0.1) is 17.9 Å². The first-order chi connectivity index (χ1) is 18.6. The van der Waals surface area contributed by atoms with Gasteiger partial charge < -0.3 is 10.1 Å². The van der Waals surface area contributed by atoms with Gasteiger partial charge in [-0.2, -0.15) is 31.6 Å². The molecule has 0 radical (unpaired) electrons. The molecular formula is C25H20F6N4O4S. The van der Waals surface area contributed by atoms with Gasteiger partial charge in [0.25, 0.3) is 0 Å². The van der Waals surface area contributed by atoms with E-state index in [-0.39, 0.29) is 34.6 Å². The number of carbonyl (C=O) groups is 1. The van der Waals surface area contributed by atoms with Crippen LogP contribution in [0.15, 0.2) is 58.8 Å². The molecule has 3 rings (SSSR count). The highest BCUT2D eigenvalue weighted by atomic mass is 32.2. The lowest BCUT2D eigenvalue weighted by Crippen LogP contribution is -2.46. The summed E-state index contributed by atoms with van der Waals surface area (Å²) in [7, 11) is -4.27. The number of nitrogens with zero attached hydrogens (tertiary/aromatic N) is 3. The third kappa shape index (κ3) is 6.91. The Morgan fingerprint density at radius 1 is 1.15 bits per heavy atom. The van der Waals surface area contributed by atoms with Crippen molar-refractivity contribution in [3.8, 4) is 6.07 Å². The van der Waals surface area contributed by atoms with Crippen LogP contribution in [0.1, 0.15) is 36.1 Å². The maximum absolute atomic E-state index is 13.2. The van der Waals surface area contributed by atoms with Crippen LogP contribution in [0.3, 0.4) is 0 Å². The minimum Gasteiger partial charge on any atom is -0.372 e. The Bertz CT molecular complexity index is 1520. The molecule has 0 bridgehead atoms. The van der Waals surface area contributed by atoms with E-state index in [0.29, 0.717) is 0 Å². The SMILES string of the molecule is [C-]#[N+]C1=C(C)N(c2cccc(C(F)(F)F)c2)C(=O)N[C@@H]1c1ccc(C#N)cc1S(=O)(=O)CCCOCC(F)(F)F. The Balaban J connectivity index is 2.01. The number of amides is 2. The molecule has 40 heavy (non-hydrogen) atoms. The highest BCUT2D eigenvalue weighted by Gasteiger charge is 2.38. The van der Waals surface area contributed by atoms with Crippen LogP contribution in [0.25, 0.3) is 4.85 Å². The average Bonchev–Trinajstić information content (AvgIpc) is 2.87. The van der Waals surface area contributed by atoms with E-state index >= 15 is 0 Å². The van der Waals surface area contributed by atoms with Crippen molar-refractivity contribution in [3.05, 3.63) is 82.0 Å². The number of alkyl halides is 6. The Morgan fingerprint density at radius 3 is 2.45 bits per heavy atom. The predicted molar refractivity (Wildman–Crippen MR) is 129 cm³/mol. The Hall–Kier alpha value is -4.08. The molecule has 0 unspecified atom stereocenters.